The summed E-state index contributed by atoms with van der Waals surface area (Å²) in [6.07, 6.45) is 8.69. The van der Waals surface area contributed by atoms with E-state index in [4.69, 9.17) is 34.7 Å². The maximum absolute atomic E-state index is 12.7. The molecule has 0 fully saturated rings. The molecule has 6 aromatic rings. The molecular formula is C37H41Br2Cl2N9O. The molecule has 0 saturated carbocycles. The van der Waals surface area contributed by atoms with Crippen LogP contribution in [0.1, 0.15) is 64.8 Å². The maximum Gasteiger partial charge on any atom is 0.251 e. The number of nitrogen functional groups attached to an aromatic ring is 2. The lowest BCUT2D eigenvalue weighted by atomic mass is 10.1. The Labute approximate surface area is 326 Å². The molecule has 0 aliphatic carbocycles. The van der Waals surface area contributed by atoms with E-state index in [0.29, 0.717) is 40.1 Å². The van der Waals surface area contributed by atoms with Gasteiger partial charge in [0.05, 0.1) is 45.0 Å². The van der Waals surface area contributed by atoms with E-state index < -0.39 is 0 Å². The van der Waals surface area contributed by atoms with Gasteiger partial charge in [-0.1, -0.05) is 38.1 Å². The molecule has 5 N–H and O–H groups in total. The summed E-state index contributed by atoms with van der Waals surface area (Å²) in [6.45, 7) is 8.05. The summed E-state index contributed by atoms with van der Waals surface area (Å²) in [4.78, 5) is 38.1. The highest BCUT2D eigenvalue weighted by molar-refractivity contribution is 9.10. The Kier molecular flexibility index (Phi) is 16.8. The first kappa shape index (κ1) is 42.9. The van der Waals surface area contributed by atoms with Gasteiger partial charge >= 0.3 is 0 Å². The zero-order valence-electron chi connectivity index (χ0n) is 27.1. The van der Waals surface area contributed by atoms with Crippen LogP contribution in [0.25, 0.3) is 10.9 Å². The molecule has 0 aliphatic rings. The van der Waals surface area contributed by atoms with Crippen LogP contribution < -0.4 is 16.8 Å². The molecule has 1 amide bonds. The number of carbonyl (C=O) groups is 1. The van der Waals surface area contributed by atoms with E-state index in [1.54, 1.807) is 49.2 Å². The van der Waals surface area contributed by atoms with Crippen LogP contribution in [0, 0.1) is 27.7 Å². The molecule has 0 unspecified atom stereocenters. The van der Waals surface area contributed by atoms with Crippen LogP contribution in [0.3, 0.4) is 0 Å². The van der Waals surface area contributed by atoms with Gasteiger partial charge in [-0.2, -0.15) is 0 Å². The standard InChI is InChI=1S/C23H21ClN6O.C6H5BrClN.C6H7BrN2.2CH4/c1-13-5-22(25)30-14(2)20(13)11-29-23(31)15-3-4-26-18(7-15)9-19-8-16-6-17(24)10-28-21(16)12-27-19;2*1-4-6(7)2-5(8)3-9-4;;/h3-8,10,12H,9,11H2,1-2H3,(H2,25,30)(H,29,31);2-3H,1H3;2-3H,8H2,1H3;2*1H4. The molecule has 0 bridgehead atoms. The van der Waals surface area contributed by atoms with E-state index in [1.165, 1.54) is 0 Å². The predicted molar refractivity (Wildman–Crippen MR) is 217 cm³/mol. The smallest absolute Gasteiger partial charge is 0.251 e. The minimum absolute atomic E-state index is 0. The van der Waals surface area contributed by atoms with Gasteiger partial charge in [-0.15, -0.1) is 0 Å². The fraction of sp³-hybridized carbons (Fsp3) is 0.216. The quantitative estimate of drug-likeness (QED) is 0.154. The number of carbonyl (C=O) groups excluding carboxylic acids is 1. The third kappa shape index (κ3) is 12.8. The summed E-state index contributed by atoms with van der Waals surface area (Å²) < 4.78 is 1.91. The van der Waals surface area contributed by atoms with Crippen LogP contribution in [-0.4, -0.2) is 35.8 Å². The van der Waals surface area contributed by atoms with Crippen molar-refractivity contribution < 1.29 is 4.79 Å². The van der Waals surface area contributed by atoms with Crippen molar-refractivity contribution in [1.29, 1.82) is 0 Å². The van der Waals surface area contributed by atoms with Crippen molar-refractivity contribution in [2.24, 2.45) is 0 Å². The molecule has 6 aromatic heterocycles. The molecule has 51 heavy (non-hydrogen) atoms. The van der Waals surface area contributed by atoms with Gasteiger partial charge in [0.15, 0.2) is 0 Å². The number of nitrogens with zero attached hydrogens (tertiary/aromatic N) is 6. The summed E-state index contributed by atoms with van der Waals surface area (Å²) in [5.74, 6) is 0.297. The molecule has 0 atom stereocenters. The van der Waals surface area contributed by atoms with E-state index in [2.05, 4.69) is 67.1 Å². The Morgan fingerprint density at radius 2 is 1.37 bits per heavy atom. The van der Waals surface area contributed by atoms with E-state index in [0.717, 1.165) is 59.4 Å². The van der Waals surface area contributed by atoms with E-state index >= 15 is 0 Å². The largest absolute Gasteiger partial charge is 0.397 e. The summed E-state index contributed by atoms with van der Waals surface area (Å²) in [7, 11) is 0. The van der Waals surface area contributed by atoms with Gasteiger partial charge in [0.2, 0.25) is 0 Å². The molecule has 0 radical (unpaired) electrons. The van der Waals surface area contributed by atoms with E-state index in [9.17, 15) is 4.79 Å². The first-order valence-corrected chi connectivity index (χ1v) is 17.1. The first-order valence-electron chi connectivity index (χ1n) is 14.8. The number of rotatable bonds is 5. The van der Waals surface area contributed by atoms with Gasteiger partial charge in [-0.05, 0) is 113 Å². The monoisotopic (exact) mass is 855 g/mol. The van der Waals surface area contributed by atoms with Crippen LogP contribution in [0.2, 0.25) is 10.0 Å². The Hall–Kier alpha value is -4.23. The van der Waals surface area contributed by atoms with Crippen molar-refractivity contribution in [1.82, 2.24) is 35.2 Å². The summed E-state index contributed by atoms with van der Waals surface area (Å²) >= 11 is 18.3. The van der Waals surface area contributed by atoms with Crippen molar-refractivity contribution in [2.75, 3.05) is 11.5 Å². The Bertz CT molecular complexity index is 2040. The number of aromatic nitrogens is 6. The molecule has 0 aromatic carbocycles. The highest BCUT2D eigenvalue weighted by Crippen LogP contribution is 2.20. The minimum atomic E-state index is -0.179. The average molecular weight is 859 g/mol. The lowest BCUT2D eigenvalue weighted by molar-refractivity contribution is 0.0950. The first-order chi connectivity index (χ1) is 23.3. The number of nitrogens with one attached hydrogen (secondary N) is 1. The molecule has 0 saturated heterocycles. The van der Waals surface area contributed by atoms with E-state index in [1.807, 2.05) is 52.0 Å². The van der Waals surface area contributed by atoms with Crippen LogP contribution in [0.4, 0.5) is 11.5 Å². The normalized spacial score (nSPS) is 10.0. The third-order valence-electron chi connectivity index (χ3n) is 7.07. The van der Waals surface area contributed by atoms with Crippen molar-refractivity contribution >= 4 is 83.4 Å². The second-order valence-corrected chi connectivity index (χ2v) is 13.5. The third-order valence-corrected chi connectivity index (χ3v) is 9.09. The lowest BCUT2D eigenvalue weighted by Crippen LogP contribution is -2.24. The maximum atomic E-state index is 12.7. The van der Waals surface area contributed by atoms with Gasteiger partial charge in [-0.25, -0.2) is 4.98 Å². The summed E-state index contributed by atoms with van der Waals surface area (Å²) in [5, 5.41) is 5.10. The molecule has 268 valence electrons. The number of hydrogen-bond donors (Lipinski definition) is 3. The molecular weight excluding hydrogens is 817 g/mol. The van der Waals surface area contributed by atoms with Crippen LogP contribution in [0.15, 0.2) is 82.4 Å². The topological polar surface area (TPSA) is 158 Å². The number of anilines is 2. The van der Waals surface area contributed by atoms with Crippen molar-refractivity contribution in [3.05, 3.63) is 138 Å². The number of amides is 1. The van der Waals surface area contributed by atoms with Gasteiger partial charge in [0.1, 0.15) is 5.82 Å². The number of hydrogen-bond acceptors (Lipinski definition) is 9. The molecule has 6 heterocycles. The number of nitrogens with two attached hydrogens (primary N) is 2. The zero-order chi connectivity index (χ0) is 35.7. The summed E-state index contributed by atoms with van der Waals surface area (Å²) in [5.41, 5.74) is 19.5. The zero-order valence-corrected chi connectivity index (χ0v) is 31.8. The fourth-order valence-electron chi connectivity index (χ4n) is 4.48. The molecule has 0 spiro atoms. The molecule has 10 nitrogen and oxygen atoms in total. The van der Waals surface area contributed by atoms with Crippen molar-refractivity contribution in [2.45, 2.75) is 55.5 Å². The number of aryl methyl sites for hydroxylation is 4. The van der Waals surface area contributed by atoms with Crippen LogP contribution >= 0.6 is 55.1 Å². The number of halogens is 4. The average Bonchev–Trinajstić information content (AvgIpc) is 3.05. The van der Waals surface area contributed by atoms with Gasteiger partial charge in [0.25, 0.3) is 5.91 Å². The highest BCUT2D eigenvalue weighted by Gasteiger charge is 2.11. The van der Waals surface area contributed by atoms with Gasteiger partial charge in [-0.3, -0.25) is 29.7 Å². The van der Waals surface area contributed by atoms with Crippen LogP contribution in [0.5, 0.6) is 0 Å². The van der Waals surface area contributed by atoms with E-state index in [-0.39, 0.29) is 20.8 Å². The number of fused-ring (bicyclic) bond motifs is 1. The Morgan fingerprint density at radius 1 is 0.745 bits per heavy atom. The SMILES string of the molecule is C.C.Cc1cc(N)nc(C)c1CNC(=O)c1ccnc(Cc2cc3cc(Cl)cnc3cn2)c1.Cc1ncc(Cl)cc1Br.Cc1ncc(N)cc1Br. The minimum Gasteiger partial charge on any atom is -0.397 e. The second kappa shape index (κ2) is 20.0. The van der Waals surface area contributed by atoms with Gasteiger partial charge < -0.3 is 16.8 Å². The molecule has 0 aliphatic heterocycles. The lowest BCUT2D eigenvalue weighted by Gasteiger charge is -2.12. The Balaban J connectivity index is 0.000000369. The molecule has 14 heteroatoms. The fourth-order valence-corrected chi connectivity index (χ4v) is 5.65. The predicted octanol–water partition coefficient (Wildman–Crippen LogP) is 9.61. The van der Waals surface area contributed by atoms with Gasteiger partial charge in [0, 0.05) is 68.5 Å². The second-order valence-electron chi connectivity index (χ2n) is 10.9. The van der Waals surface area contributed by atoms with Crippen molar-refractivity contribution in [3.63, 3.8) is 0 Å². The number of pyridine rings is 6. The Morgan fingerprint density at radius 3 is 2.00 bits per heavy atom. The van der Waals surface area contributed by atoms with Crippen LogP contribution in [-0.2, 0) is 13.0 Å². The van der Waals surface area contributed by atoms with Crippen molar-refractivity contribution in [3.8, 4) is 0 Å². The summed E-state index contributed by atoms with van der Waals surface area (Å²) in [6, 6.07) is 12.7. The molecule has 6 rings (SSSR count). The highest BCUT2D eigenvalue weighted by atomic mass is 79.9.